The van der Waals surface area contributed by atoms with E-state index in [-0.39, 0.29) is 6.10 Å². The zero-order valence-electron chi connectivity index (χ0n) is 11.0. The van der Waals surface area contributed by atoms with E-state index in [1.165, 1.54) is 0 Å². The third-order valence-corrected chi connectivity index (χ3v) is 3.27. The first kappa shape index (κ1) is 12.6. The summed E-state index contributed by atoms with van der Waals surface area (Å²) in [6.45, 7) is 1.61. The van der Waals surface area contributed by atoms with Gasteiger partial charge in [-0.05, 0) is 18.9 Å². The van der Waals surface area contributed by atoms with Gasteiger partial charge < -0.3 is 10.1 Å². The molecule has 1 aliphatic rings. The van der Waals surface area contributed by atoms with Gasteiger partial charge in [-0.3, -0.25) is 9.67 Å². The van der Waals surface area contributed by atoms with Crippen LogP contribution in [0.1, 0.15) is 18.4 Å². The molecule has 0 bridgehead atoms. The van der Waals surface area contributed by atoms with E-state index < -0.39 is 0 Å². The van der Waals surface area contributed by atoms with Crippen LogP contribution >= 0.6 is 0 Å². The second kappa shape index (κ2) is 5.72. The Kier molecular flexibility index (Phi) is 3.61. The zero-order valence-corrected chi connectivity index (χ0v) is 11.0. The van der Waals surface area contributed by atoms with Gasteiger partial charge in [0.1, 0.15) is 6.07 Å². The van der Waals surface area contributed by atoms with Gasteiger partial charge in [0, 0.05) is 25.2 Å². The fourth-order valence-corrected chi connectivity index (χ4v) is 2.27. The average molecular weight is 269 g/mol. The highest BCUT2D eigenvalue weighted by molar-refractivity contribution is 5.64. The summed E-state index contributed by atoms with van der Waals surface area (Å²) in [6.07, 6.45) is 9.34. The maximum absolute atomic E-state index is 9.02. The smallest absolute Gasteiger partial charge is 0.103 e. The number of rotatable bonds is 4. The van der Waals surface area contributed by atoms with Crippen molar-refractivity contribution in [3.05, 3.63) is 36.4 Å². The van der Waals surface area contributed by atoms with Crippen LogP contribution in [0.15, 0.2) is 30.9 Å². The predicted octanol–water partition coefficient (Wildman–Crippen LogP) is 2.07. The summed E-state index contributed by atoms with van der Waals surface area (Å²) in [7, 11) is 0. The summed E-state index contributed by atoms with van der Waals surface area (Å²) in [5.74, 6) is 0. The third-order valence-electron chi connectivity index (χ3n) is 3.27. The lowest BCUT2D eigenvalue weighted by Crippen LogP contribution is -2.15. The van der Waals surface area contributed by atoms with E-state index in [2.05, 4.69) is 21.5 Å². The average Bonchev–Trinajstić information content (AvgIpc) is 3.12. The van der Waals surface area contributed by atoms with Gasteiger partial charge in [-0.2, -0.15) is 10.4 Å². The summed E-state index contributed by atoms with van der Waals surface area (Å²) >= 11 is 0. The van der Waals surface area contributed by atoms with E-state index in [1.807, 2.05) is 10.9 Å². The Hall–Kier alpha value is -2.39. The molecule has 0 radical (unpaired) electrons. The molecule has 1 unspecified atom stereocenters. The maximum atomic E-state index is 9.02. The van der Waals surface area contributed by atoms with E-state index >= 15 is 0 Å². The fourth-order valence-electron chi connectivity index (χ4n) is 2.27. The number of ether oxygens (including phenoxy) is 1. The summed E-state index contributed by atoms with van der Waals surface area (Å²) < 4.78 is 7.45. The molecule has 0 aliphatic carbocycles. The van der Waals surface area contributed by atoms with Crippen molar-refractivity contribution in [2.24, 2.45) is 0 Å². The number of nitriles is 1. The Morgan fingerprint density at radius 2 is 2.45 bits per heavy atom. The molecule has 1 aliphatic heterocycles. The van der Waals surface area contributed by atoms with Gasteiger partial charge in [0.05, 0.1) is 35.8 Å². The number of pyridine rings is 1. The molecule has 0 amide bonds. The first-order valence-electron chi connectivity index (χ1n) is 6.60. The van der Waals surface area contributed by atoms with Crippen molar-refractivity contribution in [1.29, 1.82) is 5.26 Å². The minimum absolute atomic E-state index is 0.262. The van der Waals surface area contributed by atoms with Gasteiger partial charge in [-0.15, -0.1) is 0 Å². The highest BCUT2D eigenvalue weighted by atomic mass is 16.5. The molecule has 3 rings (SSSR count). The number of hydrogen-bond acceptors (Lipinski definition) is 5. The van der Waals surface area contributed by atoms with Gasteiger partial charge in [0.2, 0.25) is 0 Å². The molecule has 1 fully saturated rings. The van der Waals surface area contributed by atoms with E-state index in [0.29, 0.717) is 5.56 Å². The van der Waals surface area contributed by atoms with Gasteiger partial charge in [-0.25, -0.2) is 0 Å². The Labute approximate surface area is 117 Å². The minimum Gasteiger partial charge on any atom is -0.376 e. The largest absolute Gasteiger partial charge is 0.376 e. The lowest BCUT2D eigenvalue weighted by Gasteiger charge is -2.08. The van der Waals surface area contributed by atoms with Crippen molar-refractivity contribution >= 4 is 11.4 Å². The summed E-state index contributed by atoms with van der Waals surface area (Å²) in [5, 5.41) is 16.5. The Morgan fingerprint density at radius 1 is 1.50 bits per heavy atom. The minimum atomic E-state index is 0.262. The lowest BCUT2D eigenvalue weighted by molar-refractivity contribution is 0.0940. The summed E-state index contributed by atoms with van der Waals surface area (Å²) in [5.41, 5.74) is 2.10. The SMILES string of the molecule is N#Cc1cnccc1Nc1cnn(CC2CCCO2)c1. The van der Waals surface area contributed by atoms with Gasteiger partial charge >= 0.3 is 0 Å². The van der Waals surface area contributed by atoms with Crippen LogP contribution in [0.25, 0.3) is 0 Å². The number of nitrogens with zero attached hydrogens (tertiary/aromatic N) is 4. The van der Waals surface area contributed by atoms with Crippen molar-refractivity contribution in [3.63, 3.8) is 0 Å². The second-order valence-electron chi connectivity index (χ2n) is 4.74. The van der Waals surface area contributed by atoms with Gasteiger partial charge in [-0.1, -0.05) is 0 Å². The molecular formula is C14H15N5O. The van der Waals surface area contributed by atoms with Crippen LogP contribution in [-0.2, 0) is 11.3 Å². The van der Waals surface area contributed by atoms with E-state index in [0.717, 1.165) is 37.4 Å². The van der Waals surface area contributed by atoms with Crippen molar-refractivity contribution in [1.82, 2.24) is 14.8 Å². The number of anilines is 2. The molecule has 0 aromatic carbocycles. The van der Waals surface area contributed by atoms with Crippen molar-refractivity contribution in [2.75, 3.05) is 11.9 Å². The van der Waals surface area contributed by atoms with Crippen molar-refractivity contribution < 1.29 is 4.74 Å². The number of hydrogen-bond donors (Lipinski definition) is 1. The predicted molar refractivity (Wildman–Crippen MR) is 73.4 cm³/mol. The van der Waals surface area contributed by atoms with E-state index in [4.69, 9.17) is 10.00 Å². The Bertz CT molecular complexity index is 624. The standard InChI is InChI=1S/C14H15N5O/c15-6-11-7-16-4-3-14(11)18-12-8-17-19(9-12)10-13-2-1-5-20-13/h3-4,7-9,13H,1-2,5,10H2,(H,16,18). The molecule has 1 N–H and O–H groups in total. The van der Waals surface area contributed by atoms with Crippen LogP contribution in [-0.4, -0.2) is 27.5 Å². The molecule has 3 heterocycles. The van der Waals surface area contributed by atoms with Crippen LogP contribution in [0.3, 0.4) is 0 Å². The molecular weight excluding hydrogens is 254 g/mol. The van der Waals surface area contributed by atoms with Gasteiger partial charge in [0.15, 0.2) is 0 Å². The van der Waals surface area contributed by atoms with Crippen molar-refractivity contribution in [2.45, 2.75) is 25.5 Å². The molecule has 1 atom stereocenters. The second-order valence-corrected chi connectivity index (χ2v) is 4.74. The highest BCUT2D eigenvalue weighted by Gasteiger charge is 2.16. The van der Waals surface area contributed by atoms with Crippen LogP contribution in [0.4, 0.5) is 11.4 Å². The van der Waals surface area contributed by atoms with E-state index in [1.54, 1.807) is 24.7 Å². The Balaban J connectivity index is 1.69. The first-order chi connectivity index (χ1) is 9.85. The Morgan fingerprint density at radius 3 is 3.25 bits per heavy atom. The molecule has 6 heteroatoms. The zero-order chi connectivity index (χ0) is 13.8. The molecule has 2 aromatic rings. The quantitative estimate of drug-likeness (QED) is 0.919. The monoisotopic (exact) mass is 269 g/mol. The van der Waals surface area contributed by atoms with Crippen LogP contribution in [0, 0.1) is 11.3 Å². The molecule has 20 heavy (non-hydrogen) atoms. The molecule has 1 saturated heterocycles. The normalized spacial score (nSPS) is 17.9. The van der Waals surface area contributed by atoms with Gasteiger partial charge in [0.25, 0.3) is 0 Å². The molecule has 102 valence electrons. The molecule has 6 nitrogen and oxygen atoms in total. The van der Waals surface area contributed by atoms with Crippen molar-refractivity contribution in [3.8, 4) is 6.07 Å². The highest BCUT2D eigenvalue weighted by Crippen LogP contribution is 2.20. The summed E-state index contributed by atoms with van der Waals surface area (Å²) in [4.78, 5) is 3.93. The van der Waals surface area contributed by atoms with E-state index in [9.17, 15) is 0 Å². The van der Waals surface area contributed by atoms with Crippen LogP contribution < -0.4 is 5.32 Å². The topological polar surface area (TPSA) is 75.8 Å². The maximum Gasteiger partial charge on any atom is 0.103 e. The summed E-state index contributed by atoms with van der Waals surface area (Å²) in [6, 6.07) is 3.88. The molecule has 0 saturated carbocycles. The number of aromatic nitrogens is 3. The molecule has 2 aromatic heterocycles. The number of nitrogens with one attached hydrogen (secondary N) is 1. The van der Waals surface area contributed by atoms with Crippen LogP contribution in [0.5, 0.6) is 0 Å². The fraction of sp³-hybridized carbons (Fsp3) is 0.357. The van der Waals surface area contributed by atoms with Crippen LogP contribution in [0.2, 0.25) is 0 Å². The third kappa shape index (κ3) is 2.78. The first-order valence-corrected chi connectivity index (χ1v) is 6.60. The molecule has 0 spiro atoms. The lowest BCUT2D eigenvalue weighted by atomic mass is 10.2.